The lowest BCUT2D eigenvalue weighted by molar-refractivity contribution is -0.885. The lowest BCUT2D eigenvalue weighted by Gasteiger charge is -2.21. The Labute approximate surface area is 173 Å². The molecule has 2 atom stereocenters. The summed E-state index contributed by atoms with van der Waals surface area (Å²) in [4.78, 5) is 25.2. The highest BCUT2D eigenvalue weighted by atomic mass is 16.2. The summed E-state index contributed by atoms with van der Waals surface area (Å²) in [6, 6.07) is 14.2. The molecule has 2 amide bonds. The minimum atomic E-state index is -0.0900. The maximum atomic E-state index is 12.5. The lowest BCUT2D eigenvalue weighted by Crippen LogP contribution is -3.08. The average Bonchev–Trinajstić information content (AvgIpc) is 2.73. The molecule has 3 N–H and O–H groups in total. The molecule has 0 aliphatic heterocycles. The fourth-order valence-electron chi connectivity index (χ4n) is 4.00. The first-order valence-corrected chi connectivity index (χ1v) is 10.5. The number of aryl methyl sites for hydroxylation is 2. The third kappa shape index (κ3) is 5.67. The Morgan fingerprint density at radius 3 is 2.41 bits per heavy atom. The molecule has 2 aromatic carbocycles. The van der Waals surface area contributed by atoms with Crippen LogP contribution in [0.5, 0.6) is 0 Å². The van der Waals surface area contributed by atoms with Crippen LogP contribution in [0, 0.1) is 0 Å². The molecule has 0 fully saturated rings. The van der Waals surface area contributed by atoms with Crippen molar-refractivity contribution in [3.05, 3.63) is 70.3 Å². The number of carbonyl (C=O) groups is 2. The van der Waals surface area contributed by atoms with Crippen molar-refractivity contribution in [2.75, 3.05) is 20.6 Å². The Hall–Kier alpha value is -2.66. The maximum Gasteiger partial charge on any atom is 0.275 e. The third-order valence-corrected chi connectivity index (χ3v) is 5.66. The molecule has 1 unspecified atom stereocenters. The predicted octanol–water partition coefficient (Wildman–Crippen LogP) is 1.82. The Kier molecular flexibility index (Phi) is 7.04. The highest BCUT2D eigenvalue weighted by Crippen LogP contribution is 2.24. The lowest BCUT2D eigenvalue weighted by atomic mass is 9.89. The number of likely N-dealkylation sites (N-methyl/N-ethyl adjacent to an activating group) is 1. The summed E-state index contributed by atoms with van der Waals surface area (Å²) < 4.78 is 0. The highest BCUT2D eigenvalue weighted by Gasteiger charge is 2.16. The summed E-state index contributed by atoms with van der Waals surface area (Å²) in [5.74, 6) is -0.0394. The second-order valence-corrected chi connectivity index (χ2v) is 8.11. The summed E-state index contributed by atoms with van der Waals surface area (Å²) >= 11 is 0. The summed E-state index contributed by atoms with van der Waals surface area (Å²) in [5.41, 5.74) is 5.83. The van der Waals surface area contributed by atoms with Gasteiger partial charge in [-0.1, -0.05) is 30.3 Å². The summed E-state index contributed by atoms with van der Waals surface area (Å²) in [7, 11) is 3.63. The Morgan fingerprint density at radius 1 is 1.03 bits per heavy atom. The van der Waals surface area contributed by atoms with Crippen LogP contribution in [-0.2, 0) is 24.2 Å². The van der Waals surface area contributed by atoms with Crippen LogP contribution in [-0.4, -0.2) is 32.5 Å². The van der Waals surface area contributed by atoms with E-state index < -0.39 is 0 Å². The molecule has 29 heavy (non-hydrogen) atoms. The van der Waals surface area contributed by atoms with Crippen LogP contribution in [0.15, 0.2) is 42.5 Å². The van der Waals surface area contributed by atoms with E-state index in [4.69, 9.17) is 0 Å². The number of hydrogen-bond acceptors (Lipinski definition) is 2. The molecule has 0 spiro atoms. The van der Waals surface area contributed by atoms with Crippen molar-refractivity contribution in [2.24, 2.45) is 0 Å². The van der Waals surface area contributed by atoms with Gasteiger partial charge in [-0.25, -0.2) is 0 Å². The van der Waals surface area contributed by atoms with E-state index in [-0.39, 0.29) is 17.9 Å². The number of benzene rings is 2. The van der Waals surface area contributed by atoms with Crippen molar-refractivity contribution in [1.82, 2.24) is 10.6 Å². The van der Waals surface area contributed by atoms with Gasteiger partial charge in [-0.3, -0.25) is 9.59 Å². The molecule has 1 aliphatic rings. The first-order valence-electron chi connectivity index (χ1n) is 10.5. The van der Waals surface area contributed by atoms with Gasteiger partial charge in [0.15, 0.2) is 6.54 Å². The van der Waals surface area contributed by atoms with Crippen molar-refractivity contribution in [2.45, 2.75) is 45.2 Å². The summed E-state index contributed by atoms with van der Waals surface area (Å²) in [5, 5.41) is 5.76. The van der Waals surface area contributed by atoms with E-state index in [1.165, 1.54) is 36.0 Å². The molecule has 3 rings (SSSR count). The summed E-state index contributed by atoms with van der Waals surface area (Å²) in [6.07, 6.45) is 4.86. The first kappa shape index (κ1) is 21.1. The number of rotatable bonds is 7. The van der Waals surface area contributed by atoms with Crippen molar-refractivity contribution in [3.8, 4) is 0 Å². The van der Waals surface area contributed by atoms with Crippen LogP contribution >= 0.6 is 0 Å². The fraction of sp³-hybridized carbons (Fsp3) is 0.417. The van der Waals surface area contributed by atoms with Gasteiger partial charge in [0, 0.05) is 18.2 Å². The Bertz CT molecular complexity index is 861. The molecule has 5 nitrogen and oxygen atoms in total. The topological polar surface area (TPSA) is 62.6 Å². The van der Waals surface area contributed by atoms with Crippen molar-refractivity contribution in [3.63, 3.8) is 0 Å². The smallest absolute Gasteiger partial charge is 0.275 e. The average molecular weight is 395 g/mol. The molecule has 0 heterocycles. The number of carbonyl (C=O) groups excluding carboxylic acids is 2. The maximum absolute atomic E-state index is 12.5. The van der Waals surface area contributed by atoms with Gasteiger partial charge >= 0.3 is 0 Å². The molecule has 2 aromatic rings. The molecule has 1 aliphatic carbocycles. The SMILES string of the molecule is CNC(=O)c1ccc(C[NH+](C)CC(=O)N[C@H](C)c2ccc3c(c2)CCCC3)cc1. The van der Waals surface area contributed by atoms with E-state index in [9.17, 15) is 9.59 Å². The normalized spacial score (nSPS) is 15.1. The zero-order chi connectivity index (χ0) is 20.8. The fourth-order valence-corrected chi connectivity index (χ4v) is 4.00. The standard InChI is InChI=1S/C24H31N3O2/c1-17(21-13-12-19-6-4-5-7-22(19)14-21)26-23(28)16-27(3)15-18-8-10-20(11-9-18)24(29)25-2/h8-14,17H,4-7,15-16H2,1-3H3,(H,25,29)(H,26,28)/p+1/t17-/m1/s1. The molecular formula is C24H32N3O2+. The molecule has 0 saturated heterocycles. The number of amides is 2. The molecule has 5 heteroatoms. The van der Waals surface area contributed by atoms with E-state index in [0.717, 1.165) is 23.4 Å². The van der Waals surface area contributed by atoms with Crippen molar-refractivity contribution < 1.29 is 14.5 Å². The molecule has 154 valence electrons. The molecule has 0 saturated carbocycles. The largest absolute Gasteiger partial charge is 0.355 e. The second kappa shape index (κ2) is 9.70. The Morgan fingerprint density at radius 2 is 1.72 bits per heavy atom. The van der Waals surface area contributed by atoms with Gasteiger partial charge in [0.05, 0.1) is 13.1 Å². The minimum Gasteiger partial charge on any atom is -0.355 e. The quantitative estimate of drug-likeness (QED) is 0.671. The highest BCUT2D eigenvalue weighted by molar-refractivity contribution is 5.93. The van der Waals surface area contributed by atoms with Crippen LogP contribution in [0.2, 0.25) is 0 Å². The number of fused-ring (bicyclic) bond motifs is 1. The zero-order valence-electron chi connectivity index (χ0n) is 17.7. The number of nitrogens with one attached hydrogen (secondary N) is 3. The predicted molar refractivity (Wildman–Crippen MR) is 115 cm³/mol. The number of hydrogen-bond donors (Lipinski definition) is 3. The second-order valence-electron chi connectivity index (χ2n) is 8.11. The van der Waals surface area contributed by atoms with Gasteiger partial charge in [0.2, 0.25) is 0 Å². The monoisotopic (exact) mass is 394 g/mol. The van der Waals surface area contributed by atoms with E-state index in [1.807, 2.05) is 31.3 Å². The van der Waals surface area contributed by atoms with Gasteiger partial charge < -0.3 is 15.5 Å². The first-order chi connectivity index (χ1) is 14.0. The molecule has 0 radical (unpaired) electrons. The van der Waals surface area contributed by atoms with Crippen LogP contribution in [0.25, 0.3) is 0 Å². The van der Waals surface area contributed by atoms with E-state index in [1.54, 1.807) is 7.05 Å². The van der Waals surface area contributed by atoms with Crippen LogP contribution in [0.4, 0.5) is 0 Å². The minimum absolute atomic E-state index is 0.00867. The van der Waals surface area contributed by atoms with Gasteiger partial charge in [0.1, 0.15) is 6.54 Å². The van der Waals surface area contributed by atoms with Crippen molar-refractivity contribution >= 4 is 11.8 Å². The van der Waals surface area contributed by atoms with Gasteiger partial charge in [0.25, 0.3) is 11.8 Å². The van der Waals surface area contributed by atoms with Crippen molar-refractivity contribution in [1.29, 1.82) is 0 Å². The van der Waals surface area contributed by atoms with E-state index in [0.29, 0.717) is 12.1 Å². The van der Waals surface area contributed by atoms with Gasteiger partial charge in [-0.15, -0.1) is 0 Å². The number of quaternary nitrogens is 1. The van der Waals surface area contributed by atoms with Crippen LogP contribution in [0.3, 0.4) is 0 Å². The van der Waals surface area contributed by atoms with Crippen LogP contribution < -0.4 is 15.5 Å². The third-order valence-electron chi connectivity index (χ3n) is 5.66. The summed E-state index contributed by atoms with van der Waals surface area (Å²) in [6.45, 7) is 3.19. The Balaban J connectivity index is 1.51. The van der Waals surface area contributed by atoms with Gasteiger partial charge in [-0.05, 0) is 61.4 Å². The van der Waals surface area contributed by atoms with E-state index >= 15 is 0 Å². The van der Waals surface area contributed by atoms with Gasteiger partial charge in [-0.2, -0.15) is 0 Å². The zero-order valence-corrected chi connectivity index (χ0v) is 17.7. The molecule has 0 bridgehead atoms. The van der Waals surface area contributed by atoms with E-state index in [2.05, 4.69) is 35.8 Å². The van der Waals surface area contributed by atoms with Crippen LogP contribution in [0.1, 0.15) is 58.4 Å². The molecule has 0 aromatic heterocycles. The molecular weight excluding hydrogens is 362 g/mol.